The van der Waals surface area contributed by atoms with Gasteiger partial charge in [0.1, 0.15) is 12.4 Å². The second-order valence-electron chi connectivity index (χ2n) is 14.3. The van der Waals surface area contributed by atoms with Crippen molar-refractivity contribution in [2.24, 2.45) is 11.8 Å². The zero-order valence-electron chi connectivity index (χ0n) is 29.7. The van der Waals surface area contributed by atoms with Crippen LogP contribution in [0.1, 0.15) is 52.4 Å². The summed E-state index contributed by atoms with van der Waals surface area (Å²) in [7, 11) is 0. The van der Waals surface area contributed by atoms with E-state index in [-0.39, 0.29) is 42.5 Å². The van der Waals surface area contributed by atoms with Crippen LogP contribution in [0.2, 0.25) is 0 Å². The Morgan fingerprint density at radius 1 is 0.811 bits per heavy atom. The monoisotopic (exact) mass is 707 g/mol. The number of benzene rings is 4. The summed E-state index contributed by atoms with van der Waals surface area (Å²) in [5.74, 6) is -0.751. The maximum atomic E-state index is 14.1. The molecule has 53 heavy (non-hydrogen) atoms. The summed E-state index contributed by atoms with van der Waals surface area (Å²) in [5.41, 5.74) is 5.79. The highest BCUT2D eigenvalue weighted by Gasteiger charge is 2.41. The molecule has 5 atom stereocenters. The predicted octanol–water partition coefficient (Wildman–Crippen LogP) is 6.26. The topological polar surface area (TPSA) is 109 Å². The van der Waals surface area contributed by atoms with Crippen LogP contribution >= 0.6 is 0 Å². The summed E-state index contributed by atoms with van der Waals surface area (Å²) in [5, 5.41) is 14.0. The average Bonchev–Trinajstić information content (AvgIpc) is 3.65. The Bertz CT molecular complexity index is 1990. The molecule has 1 aliphatic heterocycles. The van der Waals surface area contributed by atoms with Crippen molar-refractivity contribution in [1.82, 2.24) is 15.2 Å². The SMILES string of the molecule is O=C(C[C@@H](Cc1ccc(OCc2ccccn2)cc1)C(=O)NC1c2ccccc2C[C@H]1O)CN1C(=O)[C@@H](Cc2ccccc2)C[C@@H]1Cc1ccccc1. The Morgan fingerprint density at radius 2 is 1.49 bits per heavy atom. The number of nitrogens with one attached hydrogen (secondary N) is 1. The third kappa shape index (κ3) is 9.07. The number of amides is 2. The second-order valence-corrected chi connectivity index (χ2v) is 14.3. The fourth-order valence-electron chi connectivity index (χ4n) is 7.78. The van der Waals surface area contributed by atoms with E-state index in [1.54, 1.807) is 11.1 Å². The molecular weight excluding hydrogens is 663 g/mol. The molecule has 1 saturated heterocycles. The van der Waals surface area contributed by atoms with E-state index < -0.39 is 18.1 Å². The summed E-state index contributed by atoms with van der Waals surface area (Å²) in [6, 6.07) is 40.3. The molecule has 2 heterocycles. The van der Waals surface area contributed by atoms with Crippen LogP contribution in [0.5, 0.6) is 5.75 Å². The van der Waals surface area contributed by atoms with Gasteiger partial charge >= 0.3 is 0 Å². The Balaban J connectivity index is 1.07. The number of rotatable bonds is 15. The highest BCUT2D eigenvalue weighted by Crippen LogP contribution is 2.33. The molecule has 4 aromatic carbocycles. The molecule has 1 aromatic heterocycles. The normalized spacial score (nSPS) is 19.8. The number of Topliss-reactive ketones (excluding diaryl/α,β-unsaturated/α-hetero) is 1. The maximum absolute atomic E-state index is 14.1. The van der Waals surface area contributed by atoms with Gasteiger partial charge in [-0.2, -0.15) is 0 Å². The Labute approximate surface area is 310 Å². The van der Waals surface area contributed by atoms with E-state index in [0.29, 0.717) is 44.5 Å². The number of carbonyl (C=O) groups excluding carboxylic acids is 3. The number of likely N-dealkylation sites (tertiary alicyclic amines) is 1. The van der Waals surface area contributed by atoms with Crippen molar-refractivity contribution in [2.75, 3.05) is 6.54 Å². The summed E-state index contributed by atoms with van der Waals surface area (Å²) < 4.78 is 5.92. The number of hydrogen-bond donors (Lipinski definition) is 2. The van der Waals surface area contributed by atoms with Crippen LogP contribution in [-0.4, -0.2) is 51.3 Å². The number of ketones is 1. The molecule has 2 aliphatic rings. The van der Waals surface area contributed by atoms with Gasteiger partial charge in [0.2, 0.25) is 11.8 Å². The lowest BCUT2D eigenvalue weighted by molar-refractivity contribution is -0.137. The molecule has 8 nitrogen and oxygen atoms in total. The zero-order valence-corrected chi connectivity index (χ0v) is 29.7. The Kier molecular flexibility index (Phi) is 11.4. The van der Waals surface area contributed by atoms with Crippen LogP contribution in [0.4, 0.5) is 0 Å². The van der Waals surface area contributed by atoms with Crippen molar-refractivity contribution < 1.29 is 24.2 Å². The molecule has 2 amide bonds. The maximum Gasteiger partial charge on any atom is 0.226 e. The lowest BCUT2D eigenvalue weighted by Gasteiger charge is -2.26. The van der Waals surface area contributed by atoms with Crippen LogP contribution in [-0.2, 0) is 46.7 Å². The number of hydrogen-bond acceptors (Lipinski definition) is 6. The van der Waals surface area contributed by atoms with Crippen LogP contribution in [0.15, 0.2) is 134 Å². The van der Waals surface area contributed by atoms with Gasteiger partial charge in [0.15, 0.2) is 5.78 Å². The lowest BCUT2D eigenvalue weighted by atomic mass is 9.92. The van der Waals surface area contributed by atoms with E-state index in [0.717, 1.165) is 33.5 Å². The summed E-state index contributed by atoms with van der Waals surface area (Å²) in [6.45, 7) is 0.276. The summed E-state index contributed by atoms with van der Waals surface area (Å²) in [4.78, 5) is 48.2. The number of carbonyl (C=O) groups is 3. The minimum atomic E-state index is -0.759. The minimum Gasteiger partial charge on any atom is -0.487 e. The van der Waals surface area contributed by atoms with Crippen LogP contribution < -0.4 is 10.1 Å². The van der Waals surface area contributed by atoms with E-state index in [1.165, 1.54) is 0 Å². The number of aromatic nitrogens is 1. The highest BCUT2D eigenvalue weighted by atomic mass is 16.5. The van der Waals surface area contributed by atoms with E-state index in [9.17, 15) is 19.5 Å². The second kappa shape index (κ2) is 16.8. The first-order chi connectivity index (χ1) is 25.9. The first-order valence-electron chi connectivity index (χ1n) is 18.5. The predicted molar refractivity (Wildman–Crippen MR) is 203 cm³/mol. The molecule has 0 bridgehead atoms. The molecule has 0 spiro atoms. The van der Waals surface area contributed by atoms with Crippen LogP contribution in [0, 0.1) is 11.8 Å². The van der Waals surface area contributed by atoms with Gasteiger partial charge in [-0.3, -0.25) is 19.4 Å². The van der Waals surface area contributed by atoms with Crippen LogP contribution in [0.25, 0.3) is 0 Å². The van der Waals surface area contributed by atoms with E-state index >= 15 is 0 Å². The van der Waals surface area contributed by atoms with Crippen molar-refractivity contribution in [1.29, 1.82) is 0 Å². The third-order valence-electron chi connectivity index (χ3n) is 10.5. The minimum absolute atomic E-state index is 0.0175. The van der Waals surface area contributed by atoms with Crippen molar-refractivity contribution in [3.63, 3.8) is 0 Å². The lowest BCUT2D eigenvalue weighted by Crippen LogP contribution is -2.42. The van der Waals surface area contributed by atoms with Crippen molar-refractivity contribution >= 4 is 17.6 Å². The first kappa shape index (κ1) is 35.8. The van der Waals surface area contributed by atoms with Gasteiger partial charge < -0.3 is 20.1 Å². The molecule has 2 N–H and O–H groups in total. The van der Waals surface area contributed by atoms with E-state index in [1.807, 2.05) is 115 Å². The van der Waals surface area contributed by atoms with Crippen LogP contribution in [0.3, 0.4) is 0 Å². The molecule has 1 unspecified atom stereocenters. The standard InChI is InChI=1S/C45H45N3O5/c49-39(29-48-38(25-32-13-5-2-6-14-32)26-36(45(48)52)24-31-11-3-1-4-12-31)27-35(44(51)47-43-41-17-8-7-15-34(41)28-42(43)50)23-33-18-20-40(21-19-33)53-30-37-16-9-10-22-46-37/h1-22,35-36,38,42-43,50H,23-30H2,(H,47,51)/t35-,36+,38+,42-,43?/m1/s1. The van der Waals surface area contributed by atoms with E-state index in [2.05, 4.69) is 22.4 Å². The number of nitrogens with zero attached hydrogens (tertiary/aromatic N) is 2. The molecule has 1 fully saturated rings. The van der Waals surface area contributed by atoms with E-state index in [4.69, 9.17) is 4.74 Å². The molecule has 7 rings (SSSR count). The third-order valence-corrected chi connectivity index (χ3v) is 10.5. The smallest absolute Gasteiger partial charge is 0.226 e. The molecule has 0 saturated carbocycles. The number of aliphatic hydroxyl groups excluding tert-OH is 1. The number of pyridine rings is 1. The molecule has 1 aliphatic carbocycles. The molecule has 5 aromatic rings. The number of aliphatic hydroxyl groups is 1. The number of fused-ring (bicyclic) bond motifs is 1. The first-order valence-corrected chi connectivity index (χ1v) is 18.5. The fourth-order valence-corrected chi connectivity index (χ4v) is 7.78. The molecule has 270 valence electrons. The highest BCUT2D eigenvalue weighted by molar-refractivity contribution is 5.92. The Hall–Kier alpha value is -5.60. The average molecular weight is 708 g/mol. The quantitative estimate of drug-likeness (QED) is 0.133. The van der Waals surface area contributed by atoms with Gasteiger partial charge in [-0.05, 0) is 77.8 Å². The van der Waals surface area contributed by atoms with Crippen molar-refractivity contribution in [3.8, 4) is 5.75 Å². The summed E-state index contributed by atoms with van der Waals surface area (Å²) in [6.07, 6.45) is 3.62. The Morgan fingerprint density at radius 3 is 2.21 bits per heavy atom. The van der Waals surface area contributed by atoms with Gasteiger partial charge in [0.25, 0.3) is 0 Å². The molecule has 0 radical (unpaired) electrons. The van der Waals surface area contributed by atoms with Gasteiger partial charge in [0.05, 0.1) is 24.4 Å². The van der Waals surface area contributed by atoms with Gasteiger partial charge in [-0.25, -0.2) is 0 Å². The fraction of sp³-hybridized carbons (Fsp3) is 0.289. The van der Waals surface area contributed by atoms with Gasteiger partial charge in [-0.1, -0.05) is 103 Å². The van der Waals surface area contributed by atoms with Crippen molar-refractivity contribution in [3.05, 3.63) is 167 Å². The van der Waals surface area contributed by atoms with Crippen molar-refractivity contribution in [2.45, 2.75) is 63.3 Å². The molecule has 8 heteroatoms. The van der Waals surface area contributed by atoms with Gasteiger partial charge in [-0.15, -0.1) is 0 Å². The summed E-state index contributed by atoms with van der Waals surface area (Å²) >= 11 is 0. The molecular formula is C45H45N3O5. The van der Waals surface area contributed by atoms with Gasteiger partial charge in [0, 0.05) is 36.9 Å². The largest absolute Gasteiger partial charge is 0.487 e. The number of ether oxygens (including phenoxy) is 1. The zero-order chi connectivity index (χ0) is 36.6.